The van der Waals surface area contributed by atoms with Gasteiger partial charge in [0.15, 0.2) is 0 Å². The van der Waals surface area contributed by atoms with Gasteiger partial charge in [-0.25, -0.2) is 12.8 Å². The molecule has 1 N–H and O–H groups in total. The van der Waals surface area contributed by atoms with Gasteiger partial charge in [-0.05, 0) is 56.7 Å². The van der Waals surface area contributed by atoms with Gasteiger partial charge in [-0.3, -0.25) is 9.52 Å². The molecule has 3 aromatic rings. The number of aromatic nitrogens is 2. The zero-order valence-corrected chi connectivity index (χ0v) is 17.6. The van der Waals surface area contributed by atoms with E-state index in [-0.39, 0.29) is 16.3 Å². The van der Waals surface area contributed by atoms with Crippen molar-refractivity contribution in [1.82, 2.24) is 9.78 Å². The lowest BCUT2D eigenvalue weighted by Crippen LogP contribution is -2.25. The highest BCUT2D eigenvalue weighted by Gasteiger charge is 2.16. The van der Waals surface area contributed by atoms with Gasteiger partial charge in [0.2, 0.25) is 10.0 Å². The van der Waals surface area contributed by atoms with Gasteiger partial charge in [-0.2, -0.15) is 9.78 Å². The number of nitrogens with one attached hydrogen (secondary N) is 1. The number of hydrogen-bond acceptors (Lipinski definition) is 4. The molecule has 6 nitrogen and oxygen atoms in total. The first-order chi connectivity index (χ1) is 13.6. The molecule has 0 saturated carbocycles. The molecule has 2 aromatic carbocycles. The maximum Gasteiger partial charge on any atom is 0.275 e. The van der Waals surface area contributed by atoms with E-state index in [0.29, 0.717) is 33.8 Å². The normalized spacial score (nSPS) is 11.5. The molecular weight excluding hydrogens is 417 g/mol. The van der Waals surface area contributed by atoms with Gasteiger partial charge >= 0.3 is 0 Å². The Kier molecular flexibility index (Phi) is 5.77. The molecule has 0 amide bonds. The minimum absolute atomic E-state index is 0.0485. The second-order valence-electron chi connectivity index (χ2n) is 6.49. The van der Waals surface area contributed by atoms with Crippen molar-refractivity contribution in [3.63, 3.8) is 0 Å². The molecule has 0 aliphatic rings. The zero-order valence-electron chi connectivity index (χ0n) is 16.0. The first-order valence-corrected chi connectivity index (χ1v) is 10.8. The van der Waals surface area contributed by atoms with Crippen LogP contribution in [0.4, 0.5) is 10.1 Å². The van der Waals surface area contributed by atoms with Crippen molar-refractivity contribution in [2.45, 2.75) is 20.8 Å². The summed E-state index contributed by atoms with van der Waals surface area (Å²) in [5.74, 6) is -0.632. The maximum absolute atomic E-state index is 13.5. The maximum atomic E-state index is 13.5. The highest BCUT2D eigenvalue weighted by Crippen LogP contribution is 2.27. The van der Waals surface area contributed by atoms with Crippen molar-refractivity contribution in [2.24, 2.45) is 0 Å². The number of sulfonamides is 1. The molecule has 1 heterocycles. The topological polar surface area (TPSA) is 81.1 Å². The fourth-order valence-electron chi connectivity index (χ4n) is 2.99. The van der Waals surface area contributed by atoms with Crippen molar-refractivity contribution in [1.29, 1.82) is 0 Å². The number of anilines is 1. The summed E-state index contributed by atoms with van der Waals surface area (Å²) < 4.78 is 40.8. The van der Waals surface area contributed by atoms with E-state index >= 15 is 0 Å². The lowest BCUT2D eigenvalue weighted by atomic mass is 10.00. The zero-order chi connectivity index (χ0) is 21.3. The van der Waals surface area contributed by atoms with E-state index in [1.54, 1.807) is 45.0 Å². The van der Waals surface area contributed by atoms with Crippen LogP contribution in [0.5, 0.6) is 0 Å². The molecule has 0 unspecified atom stereocenters. The first kappa shape index (κ1) is 21.0. The van der Waals surface area contributed by atoms with Gasteiger partial charge in [0.25, 0.3) is 5.56 Å². The summed E-state index contributed by atoms with van der Waals surface area (Å²) in [6.45, 7) is 4.95. The lowest BCUT2D eigenvalue weighted by molar-refractivity contribution is 0.602. The van der Waals surface area contributed by atoms with Gasteiger partial charge in [0.1, 0.15) is 5.82 Å². The first-order valence-electron chi connectivity index (χ1n) is 8.80. The van der Waals surface area contributed by atoms with E-state index in [1.807, 2.05) is 0 Å². The van der Waals surface area contributed by atoms with Gasteiger partial charge < -0.3 is 0 Å². The Labute approximate surface area is 173 Å². The predicted molar refractivity (Wildman–Crippen MR) is 113 cm³/mol. The molecule has 0 atom stereocenters. The highest BCUT2D eigenvalue weighted by molar-refractivity contribution is 7.92. The largest absolute Gasteiger partial charge is 0.284 e. The van der Waals surface area contributed by atoms with E-state index in [0.717, 1.165) is 0 Å². The van der Waals surface area contributed by atoms with Crippen LogP contribution in [0.2, 0.25) is 5.02 Å². The fraction of sp³-hybridized carbons (Fsp3) is 0.200. The Balaban J connectivity index is 2.12. The Morgan fingerprint density at radius 2 is 1.90 bits per heavy atom. The number of nitrogens with zero attached hydrogens (tertiary/aromatic N) is 2. The third kappa shape index (κ3) is 4.33. The Morgan fingerprint density at radius 3 is 2.55 bits per heavy atom. The van der Waals surface area contributed by atoms with Crippen molar-refractivity contribution >= 4 is 27.3 Å². The van der Waals surface area contributed by atoms with Crippen LogP contribution in [0.15, 0.2) is 47.3 Å². The van der Waals surface area contributed by atoms with Crippen molar-refractivity contribution in [2.75, 3.05) is 10.5 Å². The molecule has 0 saturated heterocycles. The van der Waals surface area contributed by atoms with E-state index in [4.69, 9.17) is 11.6 Å². The van der Waals surface area contributed by atoms with E-state index in [9.17, 15) is 17.6 Å². The standard InChI is InChI=1S/C20H19ClFN3O3S/c1-4-29(27,28)24-15-7-5-6-14(10-15)19-12(2)20(26)25(23-13(19)3)16-8-9-18(22)17(21)11-16/h5-11,24H,4H2,1-3H3. The van der Waals surface area contributed by atoms with Crippen LogP contribution in [0.3, 0.4) is 0 Å². The van der Waals surface area contributed by atoms with Crippen molar-refractivity contribution in [3.8, 4) is 16.8 Å². The van der Waals surface area contributed by atoms with Crippen LogP contribution < -0.4 is 10.3 Å². The highest BCUT2D eigenvalue weighted by atomic mass is 35.5. The van der Waals surface area contributed by atoms with Gasteiger partial charge in [-0.15, -0.1) is 0 Å². The predicted octanol–water partition coefficient (Wildman–Crippen LogP) is 4.07. The van der Waals surface area contributed by atoms with Crippen LogP contribution in [0, 0.1) is 19.7 Å². The molecule has 0 bridgehead atoms. The van der Waals surface area contributed by atoms with E-state index in [2.05, 4.69) is 9.82 Å². The molecule has 0 fully saturated rings. The van der Waals surface area contributed by atoms with Crippen molar-refractivity contribution in [3.05, 3.63) is 74.9 Å². The third-order valence-electron chi connectivity index (χ3n) is 4.45. The molecule has 3 rings (SSSR count). The van der Waals surface area contributed by atoms with Crippen LogP contribution >= 0.6 is 11.6 Å². The summed E-state index contributed by atoms with van der Waals surface area (Å²) in [6, 6.07) is 10.7. The monoisotopic (exact) mass is 435 g/mol. The summed E-state index contributed by atoms with van der Waals surface area (Å²) in [5.41, 5.74) is 2.61. The second kappa shape index (κ2) is 7.96. The quantitative estimate of drug-likeness (QED) is 0.655. The number of benzene rings is 2. The summed E-state index contributed by atoms with van der Waals surface area (Å²) >= 11 is 5.83. The van der Waals surface area contributed by atoms with Crippen molar-refractivity contribution < 1.29 is 12.8 Å². The second-order valence-corrected chi connectivity index (χ2v) is 8.91. The molecule has 1 aromatic heterocycles. The average Bonchev–Trinajstić information content (AvgIpc) is 2.67. The molecule has 29 heavy (non-hydrogen) atoms. The van der Waals surface area contributed by atoms with Gasteiger partial charge in [0, 0.05) is 16.8 Å². The van der Waals surface area contributed by atoms with E-state index in [1.165, 1.54) is 22.9 Å². The molecule has 152 valence electrons. The number of rotatable bonds is 5. The van der Waals surface area contributed by atoms with Crippen LogP contribution in [0.1, 0.15) is 18.2 Å². The van der Waals surface area contributed by atoms with Gasteiger partial charge in [-0.1, -0.05) is 23.7 Å². The minimum Gasteiger partial charge on any atom is -0.284 e. The Hall–Kier alpha value is -2.71. The number of hydrogen-bond donors (Lipinski definition) is 1. The number of halogens is 2. The fourth-order valence-corrected chi connectivity index (χ4v) is 3.79. The molecule has 0 radical (unpaired) electrons. The summed E-state index contributed by atoms with van der Waals surface area (Å²) in [7, 11) is -3.42. The van der Waals surface area contributed by atoms with Crippen LogP contribution in [-0.4, -0.2) is 24.0 Å². The molecule has 0 spiro atoms. The molecule has 0 aliphatic heterocycles. The van der Waals surface area contributed by atoms with Crippen LogP contribution in [0.25, 0.3) is 16.8 Å². The third-order valence-corrected chi connectivity index (χ3v) is 6.05. The van der Waals surface area contributed by atoms with Crippen LogP contribution in [-0.2, 0) is 10.0 Å². The summed E-state index contributed by atoms with van der Waals surface area (Å²) in [6.07, 6.45) is 0. The smallest absolute Gasteiger partial charge is 0.275 e. The summed E-state index contributed by atoms with van der Waals surface area (Å²) in [4.78, 5) is 12.9. The Morgan fingerprint density at radius 1 is 1.17 bits per heavy atom. The molecule has 9 heteroatoms. The van der Waals surface area contributed by atoms with E-state index < -0.39 is 15.8 Å². The summed E-state index contributed by atoms with van der Waals surface area (Å²) in [5, 5.41) is 4.25. The average molecular weight is 436 g/mol. The number of aryl methyl sites for hydroxylation is 1. The SMILES string of the molecule is CCS(=O)(=O)Nc1cccc(-c2c(C)nn(-c3ccc(F)c(Cl)c3)c(=O)c2C)c1. The molecule has 0 aliphatic carbocycles. The Bertz CT molecular complexity index is 1260. The van der Waals surface area contributed by atoms with Gasteiger partial charge in [0.05, 0.1) is 22.2 Å². The molecular formula is C20H19ClFN3O3S. The lowest BCUT2D eigenvalue weighted by Gasteiger charge is -2.14. The minimum atomic E-state index is -3.42.